The van der Waals surface area contributed by atoms with Gasteiger partial charge in [0.15, 0.2) is 11.5 Å². The second kappa shape index (κ2) is 7.62. The van der Waals surface area contributed by atoms with Crippen LogP contribution in [0.15, 0.2) is 42.5 Å². The predicted octanol–water partition coefficient (Wildman–Crippen LogP) is 3.97. The van der Waals surface area contributed by atoms with Crippen molar-refractivity contribution in [2.45, 2.75) is 25.0 Å². The lowest BCUT2D eigenvalue weighted by Gasteiger charge is -2.20. The third-order valence-electron chi connectivity index (χ3n) is 4.90. The number of hydrogen-bond acceptors (Lipinski definition) is 4. The molecular weight excluding hydrogens is 346 g/mol. The third-order valence-corrected chi connectivity index (χ3v) is 6.23. The molecule has 0 bridgehead atoms. The fourth-order valence-electron chi connectivity index (χ4n) is 3.51. The van der Waals surface area contributed by atoms with Gasteiger partial charge in [0.1, 0.15) is 0 Å². The molecule has 0 N–H and O–H groups in total. The van der Waals surface area contributed by atoms with E-state index in [0.717, 1.165) is 42.3 Å². The Morgan fingerprint density at radius 3 is 2.92 bits per heavy atom. The van der Waals surface area contributed by atoms with Gasteiger partial charge in [0.25, 0.3) is 0 Å². The van der Waals surface area contributed by atoms with Gasteiger partial charge in [0.05, 0.1) is 6.42 Å². The van der Waals surface area contributed by atoms with Crippen molar-refractivity contribution in [3.8, 4) is 11.5 Å². The highest BCUT2D eigenvalue weighted by Gasteiger charge is 2.24. The Labute approximate surface area is 158 Å². The molecule has 2 aromatic rings. The Kier molecular flexibility index (Phi) is 5.07. The number of ether oxygens (including phenoxy) is 2. The van der Waals surface area contributed by atoms with E-state index in [0.29, 0.717) is 18.5 Å². The van der Waals surface area contributed by atoms with Crippen molar-refractivity contribution in [3.05, 3.63) is 59.2 Å². The molecule has 1 fully saturated rings. The second-order valence-corrected chi connectivity index (χ2v) is 8.12. The van der Waals surface area contributed by atoms with Gasteiger partial charge in [-0.25, -0.2) is 0 Å². The number of aryl methyl sites for hydroxylation is 1. The summed E-state index contributed by atoms with van der Waals surface area (Å²) in [6, 6.07) is 14.4. The lowest BCUT2D eigenvalue weighted by molar-refractivity contribution is -0.130. The highest BCUT2D eigenvalue weighted by molar-refractivity contribution is 7.99. The van der Waals surface area contributed by atoms with Crippen LogP contribution < -0.4 is 9.47 Å². The van der Waals surface area contributed by atoms with Gasteiger partial charge in [0.2, 0.25) is 12.7 Å². The van der Waals surface area contributed by atoms with E-state index in [1.165, 1.54) is 11.1 Å². The molecule has 0 saturated carbocycles. The summed E-state index contributed by atoms with van der Waals surface area (Å²) in [6.07, 6.45) is 1.45. The molecule has 5 heteroatoms. The summed E-state index contributed by atoms with van der Waals surface area (Å²) in [5.74, 6) is 2.84. The highest BCUT2D eigenvalue weighted by Crippen LogP contribution is 2.40. The van der Waals surface area contributed by atoms with Crippen LogP contribution in [0.5, 0.6) is 11.5 Å². The van der Waals surface area contributed by atoms with Crippen LogP contribution in [0.4, 0.5) is 0 Å². The van der Waals surface area contributed by atoms with Gasteiger partial charge in [-0.15, -0.1) is 0 Å². The van der Waals surface area contributed by atoms with E-state index in [-0.39, 0.29) is 5.91 Å². The molecule has 2 aliphatic rings. The van der Waals surface area contributed by atoms with Crippen molar-refractivity contribution in [2.75, 3.05) is 25.6 Å². The molecular formula is C21H23NO3S. The quantitative estimate of drug-likeness (QED) is 0.821. The summed E-state index contributed by atoms with van der Waals surface area (Å²) in [6.45, 7) is 3.98. The van der Waals surface area contributed by atoms with Crippen LogP contribution in [-0.2, 0) is 11.2 Å². The zero-order valence-corrected chi connectivity index (χ0v) is 15.8. The molecule has 1 unspecified atom stereocenters. The summed E-state index contributed by atoms with van der Waals surface area (Å²) in [5.41, 5.74) is 3.55. The standard InChI is InChI=1S/C21H23NO3S/c1-15-3-2-4-16(11-15)12-21(23)22-8-7-20(26-10-9-22)17-5-6-18-19(13-17)25-14-24-18/h2-6,11,13,20H,7-10,12,14H2,1H3. The first-order valence-electron chi connectivity index (χ1n) is 9.03. The molecule has 4 nitrogen and oxygen atoms in total. The van der Waals surface area contributed by atoms with E-state index in [9.17, 15) is 4.79 Å². The minimum atomic E-state index is 0.225. The molecule has 0 spiro atoms. The van der Waals surface area contributed by atoms with E-state index < -0.39 is 0 Å². The van der Waals surface area contributed by atoms with E-state index in [1.54, 1.807) is 0 Å². The summed E-state index contributed by atoms with van der Waals surface area (Å²) in [7, 11) is 0. The number of nitrogens with zero attached hydrogens (tertiary/aromatic N) is 1. The minimum Gasteiger partial charge on any atom is -0.454 e. The number of benzene rings is 2. The molecule has 0 radical (unpaired) electrons. The Morgan fingerprint density at radius 2 is 2.04 bits per heavy atom. The number of carbonyl (C=O) groups is 1. The molecule has 2 aromatic carbocycles. The summed E-state index contributed by atoms with van der Waals surface area (Å²) >= 11 is 1.92. The van der Waals surface area contributed by atoms with Crippen LogP contribution in [-0.4, -0.2) is 36.4 Å². The van der Waals surface area contributed by atoms with Crippen LogP contribution >= 0.6 is 11.8 Å². The topological polar surface area (TPSA) is 38.8 Å². The maximum absolute atomic E-state index is 12.7. The number of rotatable bonds is 3. The third kappa shape index (κ3) is 3.83. The minimum absolute atomic E-state index is 0.225. The normalized spacial score (nSPS) is 19.3. The SMILES string of the molecule is Cc1cccc(CC(=O)N2CCSC(c3ccc4c(c3)OCO4)CC2)c1. The van der Waals surface area contributed by atoms with Crippen LogP contribution in [0.2, 0.25) is 0 Å². The van der Waals surface area contributed by atoms with Crippen molar-refractivity contribution in [1.82, 2.24) is 4.90 Å². The molecule has 0 aromatic heterocycles. The molecule has 136 valence electrons. The number of carbonyl (C=O) groups excluding carboxylic acids is 1. The van der Waals surface area contributed by atoms with Crippen molar-refractivity contribution >= 4 is 17.7 Å². The molecule has 1 saturated heterocycles. The van der Waals surface area contributed by atoms with Gasteiger partial charge in [-0.05, 0) is 36.6 Å². The molecule has 1 amide bonds. The van der Waals surface area contributed by atoms with Gasteiger partial charge in [-0.2, -0.15) is 11.8 Å². The fraction of sp³-hybridized carbons (Fsp3) is 0.381. The summed E-state index contributed by atoms with van der Waals surface area (Å²) < 4.78 is 10.9. The van der Waals surface area contributed by atoms with Gasteiger partial charge in [0, 0.05) is 24.1 Å². The van der Waals surface area contributed by atoms with Crippen LogP contribution in [0.25, 0.3) is 0 Å². The first-order valence-corrected chi connectivity index (χ1v) is 10.1. The molecule has 2 heterocycles. The number of thioether (sulfide) groups is 1. The van der Waals surface area contributed by atoms with Crippen LogP contribution in [0, 0.1) is 6.92 Å². The van der Waals surface area contributed by atoms with E-state index in [4.69, 9.17) is 9.47 Å². The molecule has 26 heavy (non-hydrogen) atoms. The van der Waals surface area contributed by atoms with Crippen molar-refractivity contribution in [2.24, 2.45) is 0 Å². The van der Waals surface area contributed by atoms with Gasteiger partial charge in [-0.3, -0.25) is 4.79 Å². The van der Waals surface area contributed by atoms with Crippen molar-refractivity contribution in [3.63, 3.8) is 0 Å². The van der Waals surface area contributed by atoms with E-state index >= 15 is 0 Å². The Morgan fingerprint density at radius 1 is 1.15 bits per heavy atom. The number of hydrogen-bond donors (Lipinski definition) is 0. The lowest BCUT2D eigenvalue weighted by Crippen LogP contribution is -2.34. The van der Waals surface area contributed by atoms with Gasteiger partial charge >= 0.3 is 0 Å². The Bertz CT molecular complexity index is 808. The highest BCUT2D eigenvalue weighted by atomic mass is 32.2. The second-order valence-electron chi connectivity index (χ2n) is 6.81. The monoisotopic (exact) mass is 369 g/mol. The fourth-order valence-corrected chi connectivity index (χ4v) is 4.73. The molecule has 1 atom stereocenters. The number of fused-ring (bicyclic) bond motifs is 1. The predicted molar refractivity (Wildman–Crippen MR) is 104 cm³/mol. The van der Waals surface area contributed by atoms with Crippen LogP contribution in [0.1, 0.15) is 28.4 Å². The molecule has 0 aliphatic carbocycles. The van der Waals surface area contributed by atoms with Gasteiger partial charge in [-0.1, -0.05) is 35.9 Å². The van der Waals surface area contributed by atoms with E-state index in [2.05, 4.69) is 31.2 Å². The maximum atomic E-state index is 12.7. The van der Waals surface area contributed by atoms with Crippen LogP contribution in [0.3, 0.4) is 0 Å². The average Bonchev–Trinajstić information content (AvgIpc) is 2.96. The largest absolute Gasteiger partial charge is 0.454 e. The molecule has 4 rings (SSSR count). The smallest absolute Gasteiger partial charge is 0.231 e. The average molecular weight is 369 g/mol. The zero-order chi connectivity index (χ0) is 17.9. The van der Waals surface area contributed by atoms with Gasteiger partial charge < -0.3 is 14.4 Å². The first kappa shape index (κ1) is 17.3. The van der Waals surface area contributed by atoms with Crippen molar-refractivity contribution in [1.29, 1.82) is 0 Å². The maximum Gasteiger partial charge on any atom is 0.231 e. The Hall–Kier alpha value is -2.14. The first-order chi connectivity index (χ1) is 12.7. The van der Waals surface area contributed by atoms with E-state index in [1.807, 2.05) is 34.9 Å². The molecule has 2 aliphatic heterocycles. The summed E-state index contributed by atoms with van der Waals surface area (Å²) in [5, 5.41) is 0.390. The zero-order valence-electron chi connectivity index (χ0n) is 14.9. The Balaban J connectivity index is 1.39. The summed E-state index contributed by atoms with van der Waals surface area (Å²) in [4.78, 5) is 14.7. The number of amides is 1. The van der Waals surface area contributed by atoms with Crippen molar-refractivity contribution < 1.29 is 14.3 Å². The lowest BCUT2D eigenvalue weighted by atomic mass is 10.1.